The van der Waals surface area contributed by atoms with Crippen molar-refractivity contribution in [1.29, 1.82) is 0 Å². The lowest BCUT2D eigenvalue weighted by Crippen LogP contribution is -2.29. The Balaban J connectivity index is 1.64. The number of fused-ring (bicyclic) bond motifs is 1. The molecule has 0 N–H and O–H groups in total. The second kappa shape index (κ2) is 6.84. The molecule has 1 aliphatic rings. The molecule has 142 valence electrons. The third-order valence-electron chi connectivity index (χ3n) is 4.28. The lowest BCUT2D eigenvalue weighted by molar-refractivity contribution is -0.115. The number of carbonyl (C=O) groups excluding carboxylic acids is 2. The molecule has 2 heterocycles. The Kier molecular flexibility index (Phi) is 4.48. The molecule has 4 rings (SSSR count). The van der Waals surface area contributed by atoms with E-state index in [1.54, 1.807) is 29.6 Å². The van der Waals surface area contributed by atoms with Crippen LogP contribution in [0.15, 0.2) is 64.9 Å². The largest absolute Gasteiger partial charge is 0.274 e. The van der Waals surface area contributed by atoms with Gasteiger partial charge in [-0.15, -0.1) is 11.3 Å². The first kappa shape index (κ1) is 18.3. The summed E-state index contributed by atoms with van der Waals surface area (Å²) in [6.45, 7) is 1.24. The molecule has 0 fully saturated rings. The first-order valence-electron chi connectivity index (χ1n) is 8.36. The molecule has 2 aromatic carbocycles. The summed E-state index contributed by atoms with van der Waals surface area (Å²) in [4.78, 5) is 30.5. The monoisotopic (exact) mass is 413 g/mol. The molecule has 9 heteroatoms. The van der Waals surface area contributed by atoms with Gasteiger partial charge in [0.15, 0.2) is 5.13 Å². The summed E-state index contributed by atoms with van der Waals surface area (Å²) in [5, 5.41) is 2.07. The minimum absolute atomic E-state index is 0.00472. The molecule has 7 nitrogen and oxygen atoms in total. The van der Waals surface area contributed by atoms with E-state index in [1.165, 1.54) is 35.3 Å². The van der Waals surface area contributed by atoms with Crippen molar-refractivity contribution in [3.8, 4) is 0 Å². The number of rotatable bonds is 4. The molecule has 0 saturated heterocycles. The number of anilines is 2. The molecule has 0 aliphatic carbocycles. The quantitative estimate of drug-likeness (QED) is 0.656. The third kappa shape index (κ3) is 2.98. The molecular weight excluding hydrogens is 398 g/mol. The number of para-hydroxylation sites is 1. The van der Waals surface area contributed by atoms with E-state index in [0.717, 1.165) is 4.31 Å². The van der Waals surface area contributed by atoms with E-state index < -0.39 is 15.9 Å². The number of aromatic nitrogens is 1. The number of benzene rings is 2. The first-order chi connectivity index (χ1) is 13.4. The van der Waals surface area contributed by atoms with E-state index in [1.807, 2.05) is 18.2 Å². The zero-order valence-corrected chi connectivity index (χ0v) is 16.4. The van der Waals surface area contributed by atoms with Crippen molar-refractivity contribution in [3.63, 3.8) is 0 Å². The van der Waals surface area contributed by atoms with E-state index in [9.17, 15) is 18.0 Å². The molecule has 0 unspecified atom stereocenters. The molecule has 2 amide bonds. The number of amides is 2. The van der Waals surface area contributed by atoms with Gasteiger partial charge in [0.2, 0.25) is 5.91 Å². The van der Waals surface area contributed by atoms with Crippen LogP contribution >= 0.6 is 11.3 Å². The van der Waals surface area contributed by atoms with Crippen LogP contribution < -0.4 is 4.90 Å². The van der Waals surface area contributed by atoms with Crippen LogP contribution in [0, 0.1) is 0 Å². The SMILES string of the molecule is CC(=O)N(c1ccccc1)c1nc(CN2C(=O)c3ccccc3S2(=O)=O)cs1. The Morgan fingerprint density at radius 2 is 1.79 bits per heavy atom. The zero-order valence-electron chi connectivity index (χ0n) is 14.8. The van der Waals surface area contributed by atoms with Gasteiger partial charge in [-0.3, -0.25) is 14.5 Å². The van der Waals surface area contributed by atoms with Crippen LogP contribution in [0.1, 0.15) is 23.0 Å². The first-order valence-corrected chi connectivity index (χ1v) is 10.7. The number of hydrogen-bond acceptors (Lipinski definition) is 6. The predicted molar refractivity (Wildman–Crippen MR) is 105 cm³/mol. The minimum Gasteiger partial charge on any atom is -0.274 e. The molecule has 28 heavy (non-hydrogen) atoms. The summed E-state index contributed by atoms with van der Waals surface area (Å²) in [6.07, 6.45) is 0. The Morgan fingerprint density at radius 3 is 2.46 bits per heavy atom. The van der Waals surface area contributed by atoms with E-state index in [4.69, 9.17) is 0 Å². The summed E-state index contributed by atoms with van der Waals surface area (Å²) in [6, 6.07) is 15.2. The molecule has 0 radical (unpaired) electrons. The maximum absolute atomic E-state index is 12.7. The van der Waals surface area contributed by atoms with Gasteiger partial charge in [0.05, 0.1) is 23.5 Å². The smallest absolute Gasteiger partial charge is 0.269 e. The van der Waals surface area contributed by atoms with Crippen LogP contribution in [0.5, 0.6) is 0 Å². The standard InChI is InChI=1S/C19H15N3O4S2/c1-13(23)22(15-7-3-2-4-8-15)19-20-14(12-27-19)11-21-18(24)16-9-5-6-10-17(16)28(21,25)26/h2-10,12H,11H2,1H3. The fourth-order valence-corrected chi connectivity index (χ4v) is 5.43. The molecule has 0 bridgehead atoms. The van der Waals surface area contributed by atoms with Crippen molar-refractivity contribution in [3.05, 3.63) is 71.2 Å². The van der Waals surface area contributed by atoms with Gasteiger partial charge in [0.25, 0.3) is 15.9 Å². The van der Waals surface area contributed by atoms with Gasteiger partial charge in [-0.2, -0.15) is 0 Å². The van der Waals surface area contributed by atoms with Gasteiger partial charge in [0, 0.05) is 12.3 Å². The highest BCUT2D eigenvalue weighted by Gasteiger charge is 2.41. The number of hydrogen-bond donors (Lipinski definition) is 0. The van der Waals surface area contributed by atoms with Crippen LogP contribution in [-0.2, 0) is 21.4 Å². The molecular formula is C19H15N3O4S2. The number of carbonyl (C=O) groups is 2. The second-order valence-corrected chi connectivity index (χ2v) is 8.79. The lowest BCUT2D eigenvalue weighted by atomic mass is 10.2. The fourth-order valence-electron chi connectivity index (χ4n) is 3.01. The highest BCUT2D eigenvalue weighted by atomic mass is 32.2. The van der Waals surface area contributed by atoms with Crippen LogP contribution in [0.25, 0.3) is 0 Å². The van der Waals surface area contributed by atoms with Gasteiger partial charge in [-0.25, -0.2) is 17.7 Å². The molecule has 1 aromatic heterocycles. The van der Waals surface area contributed by atoms with Gasteiger partial charge < -0.3 is 0 Å². The molecule has 3 aromatic rings. The average molecular weight is 413 g/mol. The fraction of sp³-hybridized carbons (Fsp3) is 0.105. The van der Waals surface area contributed by atoms with Crippen molar-refractivity contribution in [2.75, 3.05) is 4.90 Å². The summed E-state index contributed by atoms with van der Waals surface area (Å²) in [5.74, 6) is -0.791. The van der Waals surface area contributed by atoms with Crippen LogP contribution in [0.4, 0.5) is 10.8 Å². The number of sulfonamides is 1. The Hall–Kier alpha value is -3.04. The summed E-state index contributed by atoms with van der Waals surface area (Å²) in [7, 11) is -3.91. The van der Waals surface area contributed by atoms with Gasteiger partial charge in [-0.1, -0.05) is 30.3 Å². The van der Waals surface area contributed by atoms with Gasteiger partial charge in [0.1, 0.15) is 4.90 Å². The minimum atomic E-state index is -3.91. The van der Waals surface area contributed by atoms with E-state index in [0.29, 0.717) is 16.5 Å². The predicted octanol–water partition coefficient (Wildman–Crippen LogP) is 3.17. The zero-order chi connectivity index (χ0) is 19.9. The van der Waals surface area contributed by atoms with Gasteiger partial charge in [-0.05, 0) is 24.3 Å². The summed E-state index contributed by atoms with van der Waals surface area (Å²) in [5.41, 5.74) is 1.22. The topological polar surface area (TPSA) is 87.7 Å². The molecule has 0 saturated carbocycles. The molecule has 0 atom stereocenters. The van der Waals surface area contributed by atoms with E-state index in [-0.39, 0.29) is 22.9 Å². The van der Waals surface area contributed by atoms with Crippen molar-refractivity contribution in [2.24, 2.45) is 0 Å². The highest BCUT2D eigenvalue weighted by molar-refractivity contribution is 7.90. The van der Waals surface area contributed by atoms with E-state index in [2.05, 4.69) is 4.98 Å². The molecule has 0 spiro atoms. The molecule has 1 aliphatic heterocycles. The normalized spacial score (nSPS) is 14.8. The van der Waals surface area contributed by atoms with Crippen molar-refractivity contribution < 1.29 is 18.0 Å². The van der Waals surface area contributed by atoms with Crippen molar-refractivity contribution in [2.45, 2.75) is 18.4 Å². The average Bonchev–Trinajstić information content (AvgIpc) is 3.20. The summed E-state index contributed by atoms with van der Waals surface area (Å²) >= 11 is 1.21. The Labute approximate surface area is 165 Å². The maximum atomic E-state index is 12.7. The highest BCUT2D eigenvalue weighted by Crippen LogP contribution is 2.33. The third-order valence-corrected chi connectivity index (χ3v) is 6.94. The second-order valence-electron chi connectivity index (χ2n) is 6.12. The Bertz CT molecular complexity index is 1170. The van der Waals surface area contributed by atoms with Crippen LogP contribution in [0.2, 0.25) is 0 Å². The van der Waals surface area contributed by atoms with E-state index >= 15 is 0 Å². The lowest BCUT2D eigenvalue weighted by Gasteiger charge is -2.18. The number of thiazole rings is 1. The number of nitrogens with zero attached hydrogens (tertiary/aromatic N) is 3. The van der Waals surface area contributed by atoms with Gasteiger partial charge >= 0.3 is 0 Å². The van der Waals surface area contributed by atoms with Crippen molar-refractivity contribution in [1.82, 2.24) is 9.29 Å². The van der Waals surface area contributed by atoms with Crippen molar-refractivity contribution >= 4 is 44.0 Å². The van der Waals surface area contributed by atoms with Crippen LogP contribution in [-0.4, -0.2) is 29.5 Å². The Morgan fingerprint density at radius 1 is 1.11 bits per heavy atom. The summed E-state index contributed by atoms with van der Waals surface area (Å²) < 4.78 is 26.2. The maximum Gasteiger partial charge on any atom is 0.269 e. The van der Waals surface area contributed by atoms with Crippen LogP contribution in [0.3, 0.4) is 0 Å².